The molecule has 2 rings (SSSR count). The van der Waals surface area contributed by atoms with Crippen LogP contribution in [0.25, 0.3) is 0 Å². The molecule has 0 saturated heterocycles. The molecule has 0 saturated carbocycles. The maximum Gasteiger partial charge on any atom is 0.352 e. The molecule has 8 heteroatoms. The Balaban J connectivity index is 1.56. The van der Waals surface area contributed by atoms with E-state index in [-0.39, 0.29) is 24.9 Å². The summed E-state index contributed by atoms with van der Waals surface area (Å²) >= 11 is 0. The maximum absolute atomic E-state index is 12.0. The smallest absolute Gasteiger partial charge is 0.352 e. The van der Waals surface area contributed by atoms with Gasteiger partial charge >= 0.3 is 12.0 Å². The van der Waals surface area contributed by atoms with Crippen molar-refractivity contribution in [1.82, 2.24) is 10.8 Å². The van der Waals surface area contributed by atoms with Crippen molar-refractivity contribution in [3.63, 3.8) is 0 Å². The second kappa shape index (κ2) is 12.2. The number of amides is 2. The van der Waals surface area contributed by atoms with Crippen LogP contribution in [0, 0.1) is 12.8 Å². The largest absolute Gasteiger partial charge is 0.486 e. The predicted octanol–water partition coefficient (Wildman–Crippen LogP) is 2.84. The van der Waals surface area contributed by atoms with Gasteiger partial charge in [-0.25, -0.2) is 9.59 Å². The third kappa shape index (κ3) is 9.20. The van der Waals surface area contributed by atoms with E-state index in [1.165, 1.54) is 0 Å². The van der Waals surface area contributed by atoms with Gasteiger partial charge in [0.15, 0.2) is 5.78 Å². The molecule has 2 amide bonds. The summed E-state index contributed by atoms with van der Waals surface area (Å²) in [6.45, 7) is 4.16. The van der Waals surface area contributed by atoms with Crippen LogP contribution in [0.2, 0.25) is 0 Å². The summed E-state index contributed by atoms with van der Waals surface area (Å²) in [5.41, 5.74) is 3.63. The van der Waals surface area contributed by atoms with Gasteiger partial charge < -0.3 is 20.2 Å². The predicted molar refractivity (Wildman–Crippen MR) is 113 cm³/mol. The molecule has 1 atom stereocenters. The molecule has 0 radical (unpaired) electrons. The number of ether oxygens (including phenoxy) is 1. The van der Waals surface area contributed by atoms with Crippen LogP contribution in [0.15, 0.2) is 54.6 Å². The number of Topliss-reactive ketones (excluding diaryl/α,β-unsaturated/α-hetero) is 1. The summed E-state index contributed by atoms with van der Waals surface area (Å²) in [5, 5.41) is 5.47. The third-order valence-electron chi connectivity index (χ3n) is 4.01. The van der Waals surface area contributed by atoms with E-state index in [9.17, 15) is 14.4 Å². The Labute approximate surface area is 175 Å². The first-order valence-electron chi connectivity index (χ1n) is 9.66. The molecule has 30 heavy (non-hydrogen) atoms. The Bertz CT molecular complexity index is 842. The highest BCUT2D eigenvalue weighted by Crippen LogP contribution is 2.10. The third-order valence-corrected chi connectivity index (χ3v) is 4.01. The van der Waals surface area contributed by atoms with Crippen LogP contribution in [0.5, 0.6) is 5.75 Å². The topological polar surface area (TPSA) is 106 Å². The zero-order valence-electron chi connectivity index (χ0n) is 17.1. The lowest BCUT2D eigenvalue weighted by molar-refractivity contribution is -0.147. The molecule has 0 aliphatic heterocycles. The Kier molecular flexibility index (Phi) is 9.33. The van der Waals surface area contributed by atoms with E-state index in [1.54, 1.807) is 30.3 Å². The number of carbonyl (C=O) groups is 3. The Morgan fingerprint density at radius 1 is 1.03 bits per heavy atom. The van der Waals surface area contributed by atoms with Crippen molar-refractivity contribution in [2.24, 2.45) is 5.92 Å². The molecule has 0 aliphatic rings. The number of nitrogens with one attached hydrogen (secondary N) is 3. The minimum absolute atomic E-state index is 0.0103. The molecular formula is C22H27N3O5. The highest BCUT2D eigenvalue weighted by atomic mass is 16.7. The Morgan fingerprint density at radius 3 is 2.53 bits per heavy atom. The molecule has 2 aromatic carbocycles. The standard InChI is InChI=1S/C22H27N3O5/c1-16-7-6-8-18(11-16)24-22(28)25-30-21(27)14-23-13-17(2)12-19(26)15-29-20-9-4-3-5-10-20/h3-11,17,23H,12-15H2,1-2H3,(H2,24,25,28). The van der Waals surface area contributed by atoms with Gasteiger partial charge in [0, 0.05) is 12.1 Å². The van der Waals surface area contributed by atoms with Crippen LogP contribution in [-0.4, -0.2) is 37.5 Å². The molecule has 8 nitrogen and oxygen atoms in total. The van der Waals surface area contributed by atoms with Crippen LogP contribution in [-0.2, 0) is 14.4 Å². The van der Waals surface area contributed by atoms with Crippen molar-refractivity contribution in [3.8, 4) is 5.75 Å². The van der Waals surface area contributed by atoms with Crippen LogP contribution in [0.4, 0.5) is 10.5 Å². The summed E-state index contributed by atoms with van der Waals surface area (Å²) in [6, 6.07) is 15.7. The number of benzene rings is 2. The van der Waals surface area contributed by atoms with Gasteiger partial charge in [0.1, 0.15) is 12.4 Å². The first-order chi connectivity index (χ1) is 14.4. The normalized spacial score (nSPS) is 11.3. The molecule has 160 valence electrons. The molecule has 1 unspecified atom stereocenters. The zero-order valence-corrected chi connectivity index (χ0v) is 17.1. The summed E-state index contributed by atoms with van der Waals surface area (Å²) in [4.78, 5) is 40.1. The minimum Gasteiger partial charge on any atom is -0.486 e. The molecule has 0 aromatic heterocycles. The first-order valence-corrected chi connectivity index (χ1v) is 9.66. The van der Waals surface area contributed by atoms with Gasteiger partial charge in [0.2, 0.25) is 0 Å². The van der Waals surface area contributed by atoms with Gasteiger partial charge in [-0.1, -0.05) is 37.3 Å². The van der Waals surface area contributed by atoms with Gasteiger partial charge in [-0.15, -0.1) is 0 Å². The van der Waals surface area contributed by atoms with Gasteiger partial charge in [0.05, 0.1) is 6.54 Å². The van der Waals surface area contributed by atoms with Gasteiger partial charge in [-0.2, -0.15) is 5.48 Å². The van der Waals surface area contributed by atoms with Gasteiger partial charge in [0.25, 0.3) is 0 Å². The number of hydrogen-bond acceptors (Lipinski definition) is 6. The quantitative estimate of drug-likeness (QED) is 0.517. The molecule has 0 spiro atoms. The van der Waals surface area contributed by atoms with Crippen LogP contribution < -0.4 is 20.9 Å². The van der Waals surface area contributed by atoms with E-state index >= 15 is 0 Å². The molecule has 0 aliphatic carbocycles. The first kappa shape index (κ1) is 22.9. The number of anilines is 1. The fourth-order valence-corrected chi connectivity index (χ4v) is 2.64. The summed E-state index contributed by atoms with van der Waals surface area (Å²) in [7, 11) is 0. The van der Waals surface area contributed by atoms with Crippen LogP contribution in [0.1, 0.15) is 18.9 Å². The number of hydrogen-bond donors (Lipinski definition) is 3. The van der Waals surface area contributed by atoms with E-state index in [0.717, 1.165) is 5.56 Å². The monoisotopic (exact) mass is 413 g/mol. The average molecular weight is 413 g/mol. The van der Waals surface area contributed by atoms with Gasteiger partial charge in [-0.05, 0) is 49.2 Å². The van der Waals surface area contributed by atoms with E-state index in [1.807, 2.05) is 43.6 Å². The fraction of sp³-hybridized carbons (Fsp3) is 0.318. The van der Waals surface area contributed by atoms with E-state index in [0.29, 0.717) is 24.4 Å². The number of urea groups is 1. The van der Waals surface area contributed by atoms with Crippen molar-refractivity contribution in [3.05, 3.63) is 60.2 Å². The fourth-order valence-electron chi connectivity index (χ4n) is 2.64. The number of carbonyl (C=O) groups excluding carboxylic acids is 3. The molecule has 0 heterocycles. The van der Waals surface area contributed by atoms with Crippen molar-refractivity contribution in [1.29, 1.82) is 0 Å². The average Bonchev–Trinajstić information content (AvgIpc) is 2.71. The van der Waals surface area contributed by atoms with Crippen molar-refractivity contribution in [2.75, 3.05) is 25.0 Å². The molecular weight excluding hydrogens is 386 g/mol. The zero-order chi connectivity index (χ0) is 21.8. The SMILES string of the molecule is Cc1cccc(NC(=O)NOC(=O)CNCC(C)CC(=O)COc2ccccc2)c1. The number of hydroxylamine groups is 1. The van der Waals surface area contributed by atoms with Gasteiger partial charge in [-0.3, -0.25) is 4.79 Å². The number of rotatable bonds is 10. The summed E-state index contributed by atoms with van der Waals surface area (Å²) < 4.78 is 5.42. The minimum atomic E-state index is -0.647. The highest BCUT2D eigenvalue weighted by Gasteiger charge is 2.12. The highest BCUT2D eigenvalue weighted by molar-refractivity contribution is 5.89. The van der Waals surface area contributed by atoms with E-state index in [2.05, 4.69) is 10.6 Å². The van der Waals surface area contributed by atoms with Crippen molar-refractivity contribution >= 4 is 23.5 Å². The second-order valence-electron chi connectivity index (χ2n) is 6.98. The lowest BCUT2D eigenvalue weighted by Gasteiger charge is -2.12. The molecule has 0 fully saturated rings. The van der Waals surface area contributed by atoms with E-state index < -0.39 is 12.0 Å². The lowest BCUT2D eigenvalue weighted by atomic mass is 10.1. The Morgan fingerprint density at radius 2 is 1.80 bits per heavy atom. The maximum atomic E-state index is 12.0. The number of para-hydroxylation sites is 1. The second-order valence-corrected chi connectivity index (χ2v) is 6.98. The Hall–Kier alpha value is -3.39. The lowest BCUT2D eigenvalue weighted by Crippen LogP contribution is -2.36. The molecule has 2 aromatic rings. The van der Waals surface area contributed by atoms with Crippen LogP contribution in [0.3, 0.4) is 0 Å². The summed E-state index contributed by atoms with van der Waals surface area (Å²) in [5.74, 6) is 0.00565. The summed E-state index contributed by atoms with van der Waals surface area (Å²) in [6.07, 6.45) is 0.325. The van der Waals surface area contributed by atoms with E-state index in [4.69, 9.17) is 9.57 Å². The molecule has 0 bridgehead atoms. The number of ketones is 1. The molecule has 3 N–H and O–H groups in total. The van der Waals surface area contributed by atoms with Crippen molar-refractivity contribution < 1.29 is 24.0 Å². The van der Waals surface area contributed by atoms with Crippen molar-refractivity contribution in [2.45, 2.75) is 20.3 Å². The van der Waals surface area contributed by atoms with Crippen LogP contribution >= 0.6 is 0 Å². The number of aryl methyl sites for hydroxylation is 1.